The topological polar surface area (TPSA) is 92.8 Å². The number of ether oxygens (including phenoxy) is 1. The van der Waals surface area contributed by atoms with Crippen LogP contribution in [0.5, 0.6) is 5.75 Å². The largest absolute Gasteiger partial charge is 0.497 e. The van der Waals surface area contributed by atoms with E-state index in [1.165, 1.54) is 14.0 Å². The minimum absolute atomic E-state index is 0.128. The standard InChI is InChI=1S/C20H24N2O5S/c1-5-19(20(24)21-16-9-6-8-15(12-16)14(2)23)22(28(4,25)26)17-10-7-11-18(13-17)27-3/h6-13,19H,5H2,1-4H3,(H,21,24). The van der Waals surface area contributed by atoms with E-state index in [1.54, 1.807) is 55.5 Å². The summed E-state index contributed by atoms with van der Waals surface area (Å²) in [6.45, 7) is 3.17. The number of methoxy groups -OCH3 is 1. The molecule has 7 nitrogen and oxygen atoms in total. The van der Waals surface area contributed by atoms with Crippen molar-refractivity contribution in [3.63, 3.8) is 0 Å². The summed E-state index contributed by atoms with van der Waals surface area (Å²) in [4.78, 5) is 24.5. The molecule has 0 spiro atoms. The number of sulfonamides is 1. The van der Waals surface area contributed by atoms with E-state index in [1.807, 2.05) is 0 Å². The molecule has 0 saturated carbocycles. The zero-order chi connectivity index (χ0) is 20.9. The lowest BCUT2D eigenvalue weighted by atomic mass is 10.1. The van der Waals surface area contributed by atoms with Crippen LogP contribution in [0.1, 0.15) is 30.6 Å². The van der Waals surface area contributed by atoms with Gasteiger partial charge in [0.2, 0.25) is 15.9 Å². The SMILES string of the molecule is CCC(C(=O)Nc1cccc(C(C)=O)c1)N(c1cccc(OC)c1)S(C)(=O)=O. The van der Waals surface area contributed by atoms with Crippen molar-refractivity contribution in [3.05, 3.63) is 54.1 Å². The van der Waals surface area contributed by atoms with Crippen molar-refractivity contribution in [3.8, 4) is 5.75 Å². The Morgan fingerprint density at radius 1 is 1.14 bits per heavy atom. The van der Waals surface area contributed by atoms with Crippen LogP contribution in [-0.2, 0) is 14.8 Å². The van der Waals surface area contributed by atoms with Crippen LogP contribution in [0.25, 0.3) is 0 Å². The number of anilines is 2. The van der Waals surface area contributed by atoms with Gasteiger partial charge in [-0.1, -0.05) is 25.1 Å². The number of nitrogens with one attached hydrogen (secondary N) is 1. The Bertz CT molecular complexity index is 972. The molecule has 0 aliphatic heterocycles. The number of amides is 1. The Morgan fingerprint density at radius 3 is 2.39 bits per heavy atom. The smallest absolute Gasteiger partial charge is 0.248 e. The maximum Gasteiger partial charge on any atom is 0.248 e. The van der Waals surface area contributed by atoms with Crippen molar-refractivity contribution < 1.29 is 22.7 Å². The number of carbonyl (C=O) groups excluding carboxylic acids is 2. The fourth-order valence-electron chi connectivity index (χ4n) is 2.85. The third-order valence-electron chi connectivity index (χ3n) is 4.17. The van der Waals surface area contributed by atoms with Gasteiger partial charge in [0, 0.05) is 17.3 Å². The number of hydrogen-bond acceptors (Lipinski definition) is 5. The van der Waals surface area contributed by atoms with E-state index in [0.717, 1.165) is 10.6 Å². The van der Waals surface area contributed by atoms with Crippen molar-refractivity contribution in [1.82, 2.24) is 0 Å². The minimum atomic E-state index is -3.75. The molecule has 0 aromatic heterocycles. The molecule has 150 valence electrons. The highest BCUT2D eigenvalue weighted by molar-refractivity contribution is 7.92. The first kappa shape index (κ1) is 21.4. The third-order valence-corrected chi connectivity index (χ3v) is 5.35. The average molecular weight is 404 g/mol. The van der Waals surface area contributed by atoms with Crippen molar-refractivity contribution in [2.45, 2.75) is 26.3 Å². The Kier molecular flexibility index (Phi) is 6.80. The van der Waals surface area contributed by atoms with Gasteiger partial charge in [-0.2, -0.15) is 0 Å². The lowest BCUT2D eigenvalue weighted by molar-refractivity contribution is -0.117. The van der Waals surface area contributed by atoms with Gasteiger partial charge in [0.1, 0.15) is 11.8 Å². The third kappa shape index (κ3) is 5.10. The van der Waals surface area contributed by atoms with Gasteiger partial charge in [0.25, 0.3) is 0 Å². The van der Waals surface area contributed by atoms with Crippen LogP contribution in [-0.4, -0.2) is 39.5 Å². The molecule has 0 radical (unpaired) electrons. The average Bonchev–Trinajstić information content (AvgIpc) is 2.65. The minimum Gasteiger partial charge on any atom is -0.497 e. The molecular formula is C20H24N2O5S. The van der Waals surface area contributed by atoms with Crippen molar-refractivity contribution in [2.24, 2.45) is 0 Å². The normalized spacial score (nSPS) is 12.1. The lowest BCUT2D eigenvalue weighted by Crippen LogP contribution is -2.47. The van der Waals surface area contributed by atoms with Crippen LogP contribution in [0.2, 0.25) is 0 Å². The van der Waals surface area contributed by atoms with Crippen LogP contribution in [0.3, 0.4) is 0 Å². The second-order valence-electron chi connectivity index (χ2n) is 6.31. The molecule has 1 N–H and O–H groups in total. The van der Waals surface area contributed by atoms with Gasteiger partial charge in [-0.15, -0.1) is 0 Å². The molecule has 2 aromatic carbocycles. The summed E-state index contributed by atoms with van der Waals surface area (Å²) in [6.07, 6.45) is 1.31. The molecule has 0 heterocycles. The molecular weight excluding hydrogens is 380 g/mol. The van der Waals surface area contributed by atoms with Crippen LogP contribution < -0.4 is 14.4 Å². The zero-order valence-corrected chi connectivity index (χ0v) is 17.1. The van der Waals surface area contributed by atoms with Crippen molar-refractivity contribution >= 4 is 33.1 Å². The Hall–Kier alpha value is -2.87. The highest BCUT2D eigenvalue weighted by Crippen LogP contribution is 2.27. The maximum absolute atomic E-state index is 12.9. The fraction of sp³-hybridized carbons (Fsp3) is 0.300. The Labute approximate surface area is 165 Å². The summed E-state index contributed by atoms with van der Waals surface area (Å²) in [5.74, 6) is -0.135. The molecule has 28 heavy (non-hydrogen) atoms. The summed E-state index contributed by atoms with van der Waals surface area (Å²) < 4.78 is 31.2. The van der Waals surface area contributed by atoms with Gasteiger partial charge in [0.15, 0.2) is 5.78 Å². The van der Waals surface area contributed by atoms with Crippen LogP contribution >= 0.6 is 0 Å². The predicted molar refractivity (Wildman–Crippen MR) is 109 cm³/mol. The van der Waals surface area contributed by atoms with Crippen molar-refractivity contribution in [2.75, 3.05) is 23.0 Å². The van der Waals surface area contributed by atoms with Crippen LogP contribution in [0.4, 0.5) is 11.4 Å². The highest BCUT2D eigenvalue weighted by Gasteiger charge is 2.31. The summed E-state index contributed by atoms with van der Waals surface area (Å²) >= 11 is 0. The van der Waals surface area contributed by atoms with Gasteiger partial charge in [-0.05, 0) is 37.6 Å². The summed E-state index contributed by atoms with van der Waals surface area (Å²) in [5.41, 5.74) is 1.22. The van der Waals surface area contributed by atoms with Gasteiger partial charge < -0.3 is 10.1 Å². The first-order chi connectivity index (χ1) is 13.2. The molecule has 8 heteroatoms. The molecule has 1 amide bonds. The van der Waals surface area contributed by atoms with Crippen LogP contribution in [0.15, 0.2) is 48.5 Å². The van der Waals surface area contributed by atoms with E-state index < -0.39 is 22.0 Å². The highest BCUT2D eigenvalue weighted by atomic mass is 32.2. The van der Waals surface area contributed by atoms with Gasteiger partial charge in [-0.3, -0.25) is 13.9 Å². The molecule has 2 aromatic rings. The summed E-state index contributed by atoms with van der Waals surface area (Å²) in [5, 5.41) is 2.71. The molecule has 1 atom stereocenters. The zero-order valence-electron chi connectivity index (χ0n) is 16.3. The number of hydrogen-bond donors (Lipinski definition) is 1. The molecule has 0 fully saturated rings. The van der Waals surface area contributed by atoms with Gasteiger partial charge in [0.05, 0.1) is 19.1 Å². The fourth-order valence-corrected chi connectivity index (χ4v) is 4.05. The second kappa shape index (κ2) is 8.88. The number of nitrogens with zero attached hydrogens (tertiary/aromatic N) is 1. The molecule has 0 bridgehead atoms. The van der Waals surface area contributed by atoms with Gasteiger partial charge >= 0.3 is 0 Å². The number of Topliss-reactive ketones (excluding diaryl/α,β-unsaturated/α-hetero) is 1. The van der Waals surface area contributed by atoms with E-state index in [9.17, 15) is 18.0 Å². The van der Waals surface area contributed by atoms with E-state index in [0.29, 0.717) is 22.7 Å². The van der Waals surface area contributed by atoms with E-state index in [4.69, 9.17) is 4.74 Å². The first-order valence-corrected chi connectivity index (χ1v) is 10.6. The summed E-state index contributed by atoms with van der Waals surface area (Å²) in [7, 11) is -2.27. The summed E-state index contributed by atoms with van der Waals surface area (Å²) in [6, 6.07) is 12.1. The number of ketones is 1. The molecule has 2 rings (SSSR count). The van der Waals surface area contributed by atoms with Crippen molar-refractivity contribution in [1.29, 1.82) is 0 Å². The van der Waals surface area contributed by atoms with Crippen LogP contribution in [0, 0.1) is 0 Å². The first-order valence-electron chi connectivity index (χ1n) is 8.72. The second-order valence-corrected chi connectivity index (χ2v) is 8.17. The molecule has 0 aliphatic carbocycles. The molecule has 1 unspecified atom stereocenters. The molecule has 0 saturated heterocycles. The monoisotopic (exact) mass is 404 g/mol. The Balaban J connectivity index is 2.39. The number of benzene rings is 2. The number of carbonyl (C=O) groups is 2. The van der Waals surface area contributed by atoms with Gasteiger partial charge in [-0.25, -0.2) is 8.42 Å². The maximum atomic E-state index is 12.9. The predicted octanol–water partition coefficient (Wildman–Crippen LogP) is 3.08. The number of rotatable bonds is 8. The lowest BCUT2D eigenvalue weighted by Gasteiger charge is -2.30. The Morgan fingerprint density at radius 2 is 1.82 bits per heavy atom. The van der Waals surface area contributed by atoms with E-state index >= 15 is 0 Å². The van der Waals surface area contributed by atoms with E-state index in [2.05, 4.69) is 5.32 Å². The quantitative estimate of drug-likeness (QED) is 0.683. The van der Waals surface area contributed by atoms with E-state index in [-0.39, 0.29) is 12.2 Å². The molecule has 0 aliphatic rings.